The third kappa shape index (κ3) is 2.65. The summed E-state index contributed by atoms with van der Waals surface area (Å²) in [6.07, 6.45) is 0. The van der Waals surface area contributed by atoms with Gasteiger partial charge in [-0.2, -0.15) is 0 Å². The van der Waals surface area contributed by atoms with Crippen molar-refractivity contribution in [2.45, 2.75) is 20.8 Å². The first-order valence-electron chi connectivity index (χ1n) is 6.18. The number of rotatable bonds is 3. The molecule has 0 radical (unpaired) electrons. The molecule has 106 valence electrons. The third-order valence-electron chi connectivity index (χ3n) is 3.01. The molecule has 0 amide bonds. The molecule has 6 heteroatoms. The van der Waals surface area contributed by atoms with E-state index in [1.54, 1.807) is 0 Å². The smallest absolute Gasteiger partial charge is 0.173 e. The first-order chi connectivity index (χ1) is 9.45. The molecule has 0 aliphatic carbocycles. The topological polar surface area (TPSA) is 37.8 Å². The zero-order valence-corrected chi connectivity index (χ0v) is 13.0. The van der Waals surface area contributed by atoms with Crippen molar-refractivity contribution >= 4 is 21.7 Å². The van der Waals surface area contributed by atoms with Gasteiger partial charge in [0, 0.05) is 23.4 Å². The summed E-state index contributed by atoms with van der Waals surface area (Å²) in [7, 11) is 0. The maximum Gasteiger partial charge on any atom is 0.173 e. The molecule has 1 heterocycles. The van der Waals surface area contributed by atoms with Crippen molar-refractivity contribution in [1.82, 2.24) is 9.97 Å². The molecule has 1 aromatic carbocycles. The molecule has 3 nitrogen and oxygen atoms in total. The second-order valence-corrected chi connectivity index (χ2v) is 5.15. The molecule has 0 aliphatic heterocycles. The van der Waals surface area contributed by atoms with E-state index in [-0.39, 0.29) is 4.47 Å². The van der Waals surface area contributed by atoms with E-state index in [9.17, 15) is 8.78 Å². The number of hydrogen-bond acceptors (Lipinski definition) is 3. The summed E-state index contributed by atoms with van der Waals surface area (Å²) in [5.41, 5.74) is 2.16. The van der Waals surface area contributed by atoms with Gasteiger partial charge in [-0.05, 0) is 48.8 Å². The average molecular weight is 342 g/mol. The monoisotopic (exact) mass is 341 g/mol. The molecule has 20 heavy (non-hydrogen) atoms. The van der Waals surface area contributed by atoms with Gasteiger partial charge in [0.05, 0.1) is 4.47 Å². The SMILES string of the molecule is CCNc1nc(-c2ccc(F)c(F)c2Br)nc(C)c1C. The second kappa shape index (κ2) is 5.83. The molecule has 2 aromatic rings. The Bertz CT molecular complexity index is 659. The maximum atomic E-state index is 13.6. The highest BCUT2D eigenvalue weighted by Crippen LogP contribution is 2.31. The predicted molar refractivity (Wildman–Crippen MR) is 78.7 cm³/mol. The lowest BCUT2D eigenvalue weighted by atomic mass is 10.1. The standard InChI is InChI=1S/C14H14BrF2N3/c1-4-18-13-7(2)8(3)19-14(20-13)9-5-6-10(16)12(17)11(9)15/h5-6H,4H2,1-3H3,(H,18,19,20). The fraction of sp³-hybridized carbons (Fsp3) is 0.286. The molecule has 0 fully saturated rings. The lowest BCUT2D eigenvalue weighted by Crippen LogP contribution is -2.06. The van der Waals surface area contributed by atoms with Crippen LogP contribution in [0.15, 0.2) is 16.6 Å². The number of nitrogens with one attached hydrogen (secondary N) is 1. The van der Waals surface area contributed by atoms with Crippen LogP contribution in [0.4, 0.5) is 14.6 Å². The van der Waals surface area contributed by atoms with E-state index in [0.29, 0.717) is 17.2 Å². The lowest BCUT2D eigenvalue weighted by Gasteiger charge is -2.12. The Morgan fingerprint density at radius 1 is 1.20 bits per heavy atom. The molecule has 1 N–H and O–H groups in total. The summed E-state index contributed by atoms with van der Waals surface area (Å²) >= 11 is 3.06. The van der Waals surface area contributed by atoms with E-state index in [4.69, 9.17) is 0 Å². The summed E-state index contributed by atoms with van der Waals surface area (Å²) in [6.45, 7) is 6.45. The van der Waals surface area contributed by atoms with Gasteiger partial charge in [0.25, 0.3) is 0 Å². The molecule has 0 bridgehead atoms. The summed E-state index contributed by atoms with van der Waals surface area (Å²) in [4.78, 5) is 8.73. The Morgan fingerprint density at radius 2 is 1.90 bits per heavy atom. The third-order valence-corrected chi connectivity index (χ3v) is 3.78. The highest BCUT2D eigenvalue weighted by atomic mass is 79.9. The van der Waals surface area contributed by atoms with Crippen LogP contribution in [-0.2, 0) is 0 Å². The Balaban J connectivity index is 2.61. The summed E-state index contributed by atoms with van der Waals surface area (Å²) in [6, 6.07) is 2.53. The van der Waals surface area contributed by atoms with E-state index >= 15 is 0 Å². The molecule has 0 atom stereocenters. The fourth-order valence-electron chi connectivity index (χ4n) is 1.79. The van der Waals surface area contributed by atoms with Crippen molar-refractivity contribution in [3.05, 3.63) is 39.5 Å². The van der Waals surface area contributed by atoms with Gasteiger partial charge < -0.3 is 5.32 Å². The largest absolute Gasteiger partial charge is 0.370 e. The Labute approximate surface area is 124 Å². The minimum Gasteiger partial charge on any atom is -0.370 e. The molecular weight excluding hydrogens is 328 g/mol. The predicted octanol–water partition coefficient (Wildman–Crippen LogP) is 4.23. The zero-order valence-electron chi connectivity index (χ0n) is 11.4. The van der Waals surface area contributed by atoms with Crippen molar-refractivity contribution in [3.8, 4) is 11.4 Å². The lowest BCUT2D eigenvalue weighted by molar-refractivity contribution is 0.504. The van der Waals surface area contributed by atoms with Gasteiger partial charge in [-0.3, -0.25) is 0 Å². The maximum absolute atomic E-state index is 13.6. The van der Waals surface area contributed by atoms with Crippen LogP contribution in [0, 0.1) is 25.5 Å². The number of nitrogens with zero attached hydrogens (tertiary/aromatic N) is 2. The molecular formula is C14H14BrF2N3. The van der Waals surface area contributed by atoms with E-state index in [0.717, 1.165) is 23.9 Å². The van der Waals surface area contributed by atoms with Crippen molar-refractivity contribution in [2.75, 3.05) is 11.9 Å². The first-order valence-corrected chi connectivity index (χ1v) is 6.98. The van der Waals surface area contributed by atoms with Crippen LogP contribution < -0.4 is 5.32 Å². The van der Waals surface area contributed by atoms with E-state index in [2.05, 4.69) is 31.2 Å². The average Bonchev–Trinajstić information content (AvgIpc) is 2.41. The highest BCUT2D eigenvalue weighted by Gasteiger charge is 2.16. The van der Waals surface area contributed by atoms with Gasteiger partial charge in [0.15, 0.2) is 17.5 Å². The minimum absolute atomic E-state index is 0.0307. The number of halogens is 3. The molecule has 0 saturated heterocycles. The van der Waals surface area contributed by atoms with Crippen LogP contribution in [0.25, 0.3) is 11.4 Å². The first kappa shape index (κ1) is 14.8. The summed E-state index contributed by atoms with van der Waals surface area (Å²) in [5.74, 6) is -0.785. The van der Waals surface area contributed by atoms with Gasteiger partial charge in [0.1, 0.15) is 5.82 Å². The quantitative estimate of drug-likeness (QED) is 0.848. The molecule has 0 aliphatic rings. The summed E-state index contributed by atoms with van der Waals surface area (Å²) in [5, 5.41) is 3.14. The van der Waals surface area contributed by atoms with E-state index in [1.165, 1.54) is 6.07 Å². The zero-order chi connectivity index (χ0) is 14.9. The van der Waals surface area contributed by atoms with Crippen LogP contribution >= 0.6 is 15.9 Å². The van der Waals surface area contributed by atoms with Gasteiger partial charge in [-0.15, -0.1) is 0 Å². The highest BCUT2D eigenvalue weighted by molar-refractivity contribution is 9.10. The van der Waals surface area contributed by atoms with Gasteiger partial charge in [0.2, 0.25) is 0 Å². The number of aryl methyl sites for hydroxylation is 1. The van der Waals surface area contributed by atoms with Crippen LogP contribution in [0.5, 0.6) is 0 Å². The Hall–Kier alpha value is -1.56. The number of aromatic nitrogens is 2. The Morgan fingerprint density at radius 3 is 2.55 bits per heavy atom. The van der Waals surface area contributed by atoms with Crippen molar-refractivity contribution in [3.63, 3.8) is 0 Å². The van der Waals surface area contributed by atoms with Gasteiger partial charge in [-0.1, -0.05) is 0 Å². The van der Waals surface area contributed by atoms with Gasteiger partial charge in [-0.25, -0.2) is 18.7 Å². The van der Waals surface area contributed by atoms with E-state index < -0.39 is 11.6 Å². The normalized spacial score (nSPS) is 10.7. The molecule has 1 aromatic heterocycles. The van der Waals surface area contributed by atoms with Crippen molar-refractivity contribution < 1.29 is 8.78 Å². The number of hydrogen-bond donors (Lipinski definition) is 1. The van der Waals surface area contributed by atoms with Crippen LogP contribution in [-0.4, -0.2) is 16.5 Å². The number of anilines is 1. The second-order valence-electron chi connectivity index (χ2n) is 4.36. The van der Waals surface area contributed by atoms with Crippen LogP contribution in [0.3, 0.4) is 0 Å². The number of benzene rings is 1. The van der Waals surface area contributed by atoms with Crippen molar-refractivity contribution in [1.29, 1.82) is 0 Å². The summed E-state index contributed by atoms with van der Waals surface area (Å²) < 4.78 is 26.8. The Kier molecular flexibility index (Phi) is 4.32. The molecule has 2 rings (SSSR count). The van der Waals surface area contributed by atoms with Crippen molar-refractivity contribution in [2.24, 2.45) is 0 Å². The van der Waals surface area contributed by atoms with E-state index in [1.807, 2.05) is 20.8 Å². The minimum atomic E-state index is -0.936. The molecule has 0 saturated carbocycles. The fourth-order valence-corrected chi connectivity index (χ4v) is 2.29. The van der Waals surface area contributed by atoms with Crippen LogP contribution in [0.2, 0.25) is 0 Å². The molecule has 0 unspecified atom stereocenters. The van der Waals surface area contributed by atoms with Crippen LogP contribution in [0.1, 0.15) is 18.2 Å². The molecule has 0 spiro atoms. The van der Waals surface area contributed by atoms with Gasteiger partial charge >= 0.3 is 0 Å².